The van der Waals surface area contributed by atoms with E-state index in [0.717, 1.165) is 30.5 Å². The van der Waals surface area contributed by atoms with Gasteiger partial charge in [0.1, 0.15) is 0 Å². The topological polar surface area (TPSA) is 67.9 Å². The van der Waals surface area contributed by atoms with Crippen LogP contribution in [0.3, 0.4) is 0 Å². The van der Waals surface area contributed by atoms with Gasteiger partial charge in [0.15, 0.2) is 0 Å². The molecule has 3 rings (SSSR count). The molecule has 1 aromatic carbocycles. The van der Waals surface area contributed by atoms with Gasteiger partial charge in [0.25, 0.3) is 0 Å². The SMILES string of the molecule is CCOC(=O)CCn1nc(-c2ccccc2)c2c1CCCC2CC#N. The summed E-state index contributed by atoms with van der Waals surface area (Å²) in [7, 11) is 0. The molecule has 1 unspecified atom stereocenters. The summed E-state index contributed by atoms with van der Waals surface area (Å²) in [5.74, 6) is 0.0256. The molecule has 130 valence electrons. The van der Waals surface area contributed by atoms with Gasteiger partial charge in [-0.05, 0) is 26.2 Å². The van der Waals surface area contributed by atoms with E-state index in [1.165, 1.54) is 11.3 Å². The predicted octanol–water partition coefficient (Wildman–Crippen LogP) is 3.84. The number of carbonyl (C=O) groups is 1. The molecule has 2 aromatic rings. The van der Waals surface area contributed by atoms with Crippen molar-refractivity contribution in [3.05, 3.63) is 41.6 Å². The molecule has 25 heavy (non-hydrogen) atoms. The summed E-state index contributed by atoms with van der Waals surface area (Å²) in [6, 6.07) is 12.4. The first kappa shape index (κ1) is 17.2. The quantitative estimate of drug-likeness (QED) is 0.751. The maximum absolute atomic E-state index is 11.7. The average molecular weight is 337 g/mol. The highest BCUT2D eigenvalue weighted by molar-refractivity contribution is 5.69. The smallest absolute Gasteiger partial charge is 0.307 e. The van der Waals surface area contributed by atoms with Gasteiger partial charge in [-0.25, -0.2) is 0 Å². The lowest BCUT2D eigenvalue weighted by Crippen LogP contribution is -2.15. The third kappa shape index (κ3) is 3.74. The van der Waals surface area contributed by atoms with Crippen LogP contribution in [0.5, 0.6) is 0 Å². The lowest BCUT2D eigenvalue weighted by Gasteiger charge is -2.22. The fourth-order valence-electron chi connectivity index (χ4n) is 3.60. The Kier molecular flexibility index (Phi) is 5.49. The average Bonchev–Trinajstić information content (AvgIpc) is 3.01. The molecule has 5 heteroatoms. The molecule has 0 fully saturated rings. The van der Waals surface area contributed by atoms with E-state index in [4.69, 9.17) is 9.84 Å². The molecule has 0 radical (unpaired) electrons. The Labute approximate surface area is 148 Å². The predicted molar refractivity (Wildman–Crippen MR) is 94.8 cm³/mol. The highest BCUT2D eigenvalue weighted by Crippen LogP contribution is 2.40. The third-order valence-corrected chi connectivity index (χ3v) is 4.69. The second-order valence-electron chi connectivity index (χ2n) is 6.30. The third-order valence-electron chi connectivity index (χ3n) is 4.69. The zero-order chi connectivity index (χ0) is 17.6. The summed E-state index contributed by atoms with van der Waals surface area (Å²) >= 11 is 0. The summed E-state index contributed by atoms with van der Waals surface area (Å²) in [4.78, 5) is 11.7. The number of nitrogens with zero attached hydrogens (tertiary/aromatic N) is 3. The molecule has 1 atom stereocenters. The normalized spacial score (nSPS) is 16.1. The van der Waals surface area contributed by atoms with Gasteiger partial charge in [-0.15, -0.1) is 0 Å². The lowest BCUT2D eigenvalue weighted by atomic mass is 9.82. The van der Waals surface area contributed by atoms with E-state index < -0.39 is 0 Å². The van der Waals surface area contributed by atoms with E-state index >= 15 is 0 Å². The standard InChI is InChI=1S/C20H23N3O2/c1-2-25-18(24)12-14-23-17-10-6-9-15(11-13-21)19(17)20(22-23)16-7-4-3-5-8-16/h3-5,7-8,15H,2,6,9-12,14H2,1H3. The molecule has 0 amide bonds. The first-order valence-corrected chi connectivity index (χ1v) is 8.92. The van der Waals surface area contributed by atoms with Crippen LogP contribution in [0.15, 0.2) is 30.3 Å². The lowest BCUT2D eigenvalue weighted by molar-refractivity contribution is -0.143. The molecule has 0 bridgehead atoms. The molecule has 0 saturated heterocycles. The van der Waals surface area contributed by atoms with E-state index in [1.807, 2.05) is 29.8 Å². The number of aryl methyl sites for hydroxylation is 1. The number of hydrogen-bond acceptors (Lipinski definition) is 4. The second kappa shape index (κ2) is 7.98. The van der Waals surface area contributed by atoms with Gasteiger partial charge < -0.3 is 4.74 Å². The van der Waals surface area contributed by atoms with Crippen molar-refractivity contribution >= 4 is 5.97 Å². The van der Waals surface area contributed by atoms with Crippen molar-refractivity contribution in [3.8, 4) is 17.3 Å². The number of nitriles is 1. The highest BCUT2D eigenvalue weighted by atomic mass is 16.5. The van der Waals surface area contributed by atoms with E-state index in [1.54, 1.807) is 0 Å². The summed E-state index contributed by atoms with van der Waals surface area (Å²) < 4.78 is 6.99. The first-order valence-electron chi connectivity index (χ1n) is 8.92. The number of rotatable bonds is 6. The summed E-state index contributed by atoms with van der Waals surface area (Å²) in [5, 5.41) is 14.0. The molecule has 1 aliphatic rings. The summed E-state index contributed by atoms with van der Waals surface area (Å²) in [6.07, 6.45) is 3.85. The zero-order valence-corrected chi connectivity index (χ0v) is 14.6. The van der Waals surface area contributed by atoms with Crippen molar-refractivity contribution in [2.24, 2.45) is 0 Å². The Morgan fingerprint density at radius 2 is 2.20 bits per heavy atom. The fraction of sp³-hybridized carbons (Fsp3) is 0.450. The van der Waals surface area contributed by atoms with Gasteiger partial charge in [0, 0.05) is 29.2 Å². The van der Waals surface area contributed by atoms with Gasteiger partial charge in [-0.1, -0.05) is 30.3 Å². The van der Waals surface area contributed by atoms with Crippen LogP contribution < -0.4 is 0 Å². The molecule has 0 N–H and O–H groups in total. The Morgan fingerprint density at radius 3 is 2.92 bits per heavy atom. The minimum absolute atomic E-state index is 0.197. The van der Waals surface area contributed by atoms with Gasteiger partial charge in [0.2, 0.25) is 0 Å². The Morgan fingerprint density at radius 1 is 1.40 bits per heavy atom. The van der Waals surface area contributed by atoms with E-state index in [-0.39, 0.29) is 11.9 Å². The van der Waals surface area contributed by atoms with Crippen molar-refractivity contribution in [3.63, 3.8) is 0 Å². The van der Waals surface area contributed by atoms with E-state index in [0.29, 0.717) is 26.0 Å². The highest BCUT2D eigenvalue weighted by Gasteiger charge is 2.29. The molecule has 0 aliphatic heterocycles. The Balaban J connectivity index is 1.97. The maximum Gasteiger partial charge on any atom is 0.307 e. The minimum Gasteiger partial charge on any atom is -0.466 e. The van der Waals surface area contributed by atoms with Crippen LogP contribution in [0.4, 0.5) is 0 Å². The number of ether oxygens (including phenoxy) is 1. The molecule has 0 spiro atoms. The fourth-order valence-corrected chi connectivity index (χ4v) is 3.60. The molecular formula is C20H23N3O2. The monoisotopic (exact) mass is 337 g/mol. The number of fused-ring (bicyclic) bond motifs is 1. The van der Waals surface area contributed by atoms with Gasteiger partial charge in [-0.2, -0.15) is 10.4 Å². The molecular weight excluding hydrogens is 314 g/mol. The van der Waals surface area contributed by atoms with Crippen LogP contribution >= 0.6 is 0 Å². The maximum atomic E-state index is 11.7. The van der Waals surface area contributed by atoms with Gasteiger partial charge >= 0.3 is 5.97 Å². The Bertz CT molecular complexity index is 774. The van der Waals surface area contributed by atoms with Crippen LogP contribution in [-0.4, -0.2) is 22.4 Å². The van der Waals surface area contributed by atoms with Crippen LogP contribution in [0.2, 0.25) is 0 Å². The van der Waals surface area contributed by atoms with Crippen LogP contribution in [0, 0.1) is 11.3 Å². The molecule has 0 saturated carbocycles. The minimum atomic E-state index is -0.197. The van der Waals surface area contributed by atoms with Crippen LogP contribution in [0.25, 0.3) is 11.3 Å². The number of aromatic nitrogens is 2. The second-order valence-corrected chi connectivity index (χ2v) is 6.30. The van der Waals surface area contributed by atoms with Crippen LogP contribution in [-0.2, 0) is 22.5 Å². The molecule has 1 heterocycles. The van der Waals surface area contributed by atoms with Crippen molar-refractivity contribution in [2.45, 2.75) is 51.5 Å². The summed E-state index contributed by atoms with van der Waals surface area (Å²) in [5.41, 5.74) is 4.40. The van der Waals surface area contributed by atoms with Crippen molar-refractivity contribution in [1.29, 1.82) is 5.26 Å². The van der Waals surface area contributed by atoms with Gasteiger partial charge in [0.05, 0.1) is 31.3 Å². The first-order chi connectivity index (χ1) is 12.2. The van der Waals surface area contributed by atoms with Crippen LogP contribution in [0.1, 0.15) is 49.8 Å². The molecule has 1 aliphatic carbocycles. The number of hydrogen-bond donors (Lipinski definition) is 0. The largest absolute Gasteiger partial charge is 0.466 e. The number of carbonyl (C=O) groups excluding carboxylic acids is 1. The molecule has 5 nitrogen and oxygen atoms in total. The van der Waals surface area contributed by atoms with Crippen molar-refractivity contribution in [1.82, 2.24) is 9.78 Å². The number of benzene rings is 1. The van der Waals surface area contributed by atoms with Crippen molar-refractivity contribution in [2.75, 3.05) is 6.61 Å². The zero-order valence-electron chi connectivity index (χ0n) is 14.6. The van der Waals surface area contributed by atoms with E-state index in [9.17, 15) is 10.1 Å². The Hall–Kier alpha value is -2.61. The van der Waals surface area contributed by atoms with Crippen molar-refractivity contribution < 1.29 is 9.53 Å². The number of esters is 1. The van der Waals surface area contributed by atoms with E-state index in [2.05, 4.69) is 18.2 Å². The van der Waals surface area contributed by atoms with Gasteiger partial charge in [-0.3, -0.25) is 9.48 Å². The summed E-state index contributed by atoms with van der Waals surface area (Å²) in [6.45, 7) is 2.73. The molecule has 1 aromatic heterocycles.